The fourth-order valence-electron chi connectivity index (χ4n) is 6.12. The molecule has 1 aromatic rings. The molecule has 5 heteroatoms. The fraction of sp³-hybridized carbons (Fsp3) is 0.773. The van der Waals surface area contributed by atoms with E-state index in [1.54, 1.807) is 0 Å². The molecular formula is C22H34N2O3. The van der Waals surface area contributed by atoms with Crippen molar-refractivity contribution < 1.29 is 9.52 Å². The van der Waals surface area contributed by atoms with Gasteiger partial charge in [0.2, 0.25) is 0 Å². The fourth-order valence-corrected chi connectivity index (χ4v) is 6.12. The molecule has 2 saturated heterocycles. The summed E-state index contributed by atoms with van der Waals surface area (Å²) in [6, 6.07) is 0.489. The molecule has 0 radical (unpaired) electrons. The van der Waals surface area contributed by atoms with E-state index in [9.17, 15) is 9.90 Å². The Morgan fingerprint density at radius 2 is 1.89 bits per heavy atom. The van der Waals surface area contributed by atoms with Crippen molar-refractivity contribution in [2.24, 2.45) is 10.8 Å². The topological polar surface area (TPSA) is 56.9 Å². The van der Waals surface area contributed by atoms with Crippen LogP contribution < -0.4 is 5.63 Å². The van der Waals surface area contributed by atoms with Gasteiger partial charge in [-0.2, -0.15) is 0 Å². The second-order valence-electron chi connectivity index (χ2n) is 10.3. The van der Waals surface area contributed by atoms with Gasteiger partial charge in [0.05, 0.1) is 5.56 Å². The number of fused-ring (bicyclic) bond motifs is 2. The van der Waals surface area contributed by atoms with Gasteiger partial charge < -0.3 is 9.52 Å². The van der Waals surface area contributed by atoms with Crippen molar-refractivity contribution in [2.45, 2.75) is 78.4 Å². The van der Waals surface area contributed by atoms with Crippen LogP contribution in [0.4, 0.5) is 0 Å². The molecule has 5 nitrogen and oxygen atoms in total. The Morgan fingerprint density at radius 1 is 1.15 bits per heavy atom. The minimum Gasteiger partial charge on any atom is -0.507 e. The van der Waals surface area contributed by atoms with Gasteiger partial charge in [0.25, 0.3) is 0 Å². The van der Waals surface area contributed by atoms with E-state index >= 15 is 0 Å². The minimum atomic E-state index is -0.388. The van der Waals surface area contributed by atoms with Crippen molar-refractivity contribution in [3.8, 4) is 5.75 Å². The molecule has 2 aliphatic heterocycles. The molecule has 1 aliphatic carbocycles. The first-order valence-corrected chi connectivity index (χ1v) is 10.5. The number of aromatic hydroxyl groups is 1. The van der Waals surface area contributed by atoms with Crippen molar-refractivity contribution in [3.63, 3.8) is 0 Å². The van der Waals surface area contributed by atoms with Crippen LogP contribution in [0.25, 0.3) is 0 Å². The summed E-state index contributed by atoms with van der Waals surface area (Å²) in [5.74, 6) is 0.155. The summed E-state index contributed by atoms with van der Waals surface area (Å²) >= 11 is 0. The molecule has 150 valence electrons. The average Bonchev–Trinajstić information content (AvgIpc) is 2.83. The van der Waals surface area contributed by atoms with E-state index in [4.69, 9.17) is 4.42 Å². The number of hydrogen-bond donors (Lipinski definition) is 1. The maximum atomic E-state index is 12.4. The van der Waals surface area contributed by atoms with Crippen molar-refractivity contribution in [3.05, 3.63) is 27.8 Å². The summed E-state index contributed by atoms with van der Waals surface area (Å²) in [6.07, 6.45) is 8.72. The lowest BCUT2D eigenvalue weighted by molar-refractivity contribution is 0.126. The molecule has 1 saturated carbocycles. The number of rotatable bonds is 4. The largest absolute Gasteiger partial charge is 0.507 e. The highest BCUT2D eigenvalue weighted by atomic mass is 16.4. The predicted octanol–water partition coefficient (Wildman–Crippen LogP) is 3.73. The van der Waals surface area contributed by atoms with Gasteiger partial charge in [-0.15, -0.1) is 0 Å². The third kappa shape index (κ3) is 3.95. The Labute approximate surface area is 162 Å². The first-order chi connectivity index (χ1) is 12.7. The number of nitrogens with zero attached hydrogens (tertiary/aromatic N) is 2. The Bertz CT molecular complexity index is 750. The van der Waals surface area contributed by atoms with Gasteiger partial charge in [0, 0.05) is 31.2 Å². The molecule has 3 heterocycles. The van der Waals surface area contributed by atoms with E-state index in [0.717, 1.165) is 31.6 Å². The lowest BCUT2D eigenvalue weighted by atomic mass is 9.65. The molecule has 27 heavy (non-hydrogen) atoms. The lowest BCUT2D eigenvalue weighted by Gasteiger charge is -2.39. The molecule has 1 aromatic heterocycles. The second kappa shape index (κ2) is 6.93. The van der Waals surface area contributed by atoms with E-state index in [1.165, 1.54) is 38.4 Å². The summed E-state index contributed by atoms with van der Waals surface area (Å²) in [5, 5.41) is 10.9. The van der Waals surface area contributed by atoms with Gasteiger partial charge in [0.1, 0.15) is 12.0 Å². The standard InChI is InChI=1S/C22H34N2O3/c1-21(2)9-17-10-22(3,14-21)15-24(17)12-18-19(25)16(13-27-20(18)26)11-23-7-5-4-6-8-23/h13,17,25H,4-12,14-15H2,1-3H3/t17-,22+/m0/s1. The molecule has 0 spiro atoms. The monoisotopic (exact) mass is 374 g/mol. The molecule has 2 bridgehead atoms. The molecule has 1 N–H and O–H groups in total. The highest BCUT2D eigenvalue weighted by Gasteiger charge is 2.49. The van der Waals surface area contributed by atoms with Crippen molar-refractivity contribution in [1.82, 2.24) is 9.80 Å². The quantitative estimate of drug-likeness (QED) is 0.870. The summed E-state index contributed by atoms with van der Waals surface area (Å²) in [5.41, 5.74) is 1.46. The van der Waals surface area contributed by atoms with E-state index in [-0.39, 0.29) is 11.4 Å². The molecule has 0 amide bonds. The van der Waals surface area contributed by atoms with Gasteiger partial charge in [0.15, 0.2) is 0 Å². The first-order valence-electron chi connectivity index (χ1n) is 10.5. The summed E-state index contributed by atoms with van der Waals surface area (Å²) < 4.78 is 5.33. The van der Waals surface area contributed by atoms with Gasteiger partial charge in [-0.05, 0) is 56.0 Å². The van der Waals surface area contributed by atoms with Crippen LogP contribution >= 0.6 is 0 Å². The zero-order valence-corrected chi connectivity index (χ0v) is 17.1. The average molecular weight is 375 g/mol. The molecule has 2 atom stereocenters. The third-order valence-corrected chi connectivity index (χ3v) is 6.87. The van der Waals surface area contributed by atoms with Gasteiger partial charge in [-0.3, -0.25) is 9.80 Å². The van der Waals surface area contributed by atoms with Crippen LogP contribution in [0.15, 0.2) is 15.5 Å². The first kappa shape index (κ1) is 19.0. The van der Waals surface area contributed by atoms with Crippen LogP contribution in [0.2, 0.25) is 0 Å². The summed E-state index contributed by atoms with van der Waals surface area (Å²) in [7, 11) is 0. The van der Waals surface area contributed by atoms with Crippen molar-refractivity contribution in [1.29, 1.82) is 0 Å². The maximum Gasteiger partial charge on any atom is 0.343 e. The minimum absolute atomic E-state index is 0.155. The highest BCUT2D eigenvalue weighted by Crippen LogP contribution is 2.52. The molecule has 4 rings (SSSR count). The molecule has 0 aromatic carbocycles. The Hall–Kier alpha value is -1.33. The van der Waals surface area contributed by atoms with Crippen LogP contribution in [-0.4, -0.2) is 40.6 Å². The number of piperidine rings is 1. The van der Waals surface area contributed by atoms with Gasteiger partial charge in [-0.25, -0.2) is 4.79 Å². The maximum absolute atomic E-state index is 12.4. The smallest absolute Gasteiger partial charge is 0.343 e. The van der Waals surface area contributed by atoms with Crippen LogP contribution in [0.1, 0.15) is 70.4 Å². The summed E-state index contributed by atoms with van der Waals surface area (Å²) in [6.45, 7) is 11.3. The number of likely N-dealkylation sites (tertiary alicyclic amines) is 2. The van der Waals surface area contributed by atoms with Gasteiger partial charge >= 0.3 is 5.63 Å². The van der Waals surface area contributed by atoms with Crippen LogP contribution in [0.5, 0.6) is 5.75 Å². The Balaban J connectivity index is 1.54. The van der Waals surface area contributed by atoms with Crippen molar-refractivity contribution >= 4 is 0 Å². The normalized spacial score (nSPS) is 31.3. The van der Waals surface area contributed by atoms with E-state index in [2.05, 4.69) is 30.6 Å². The zero-order chi connectivity index (χ0) is 19.2. The van der Waals surface area contributed by atoms with E-state index in [0.29, 0.717) is 35.5 Å². The van der Waals surface area contributed by atoms with Gasteiger partial charge in [-0.1, -0.05) is 27.2 Å². The third-order valence-electron chi connectivity index (χ3n) is 6.87. The Morgan fingerprint density at radius 3 is 2.63 bits per heavy atom. The molecule has 3 fully saturated rings. The van der Waals surface area contributed by atoms with E-state index in [1.807, 2.05) is 0 Å². The number of hydrogen-bond acceptors (Lipinski definition) is 5. The van der Waals surface area contributed by atoms with Crippen molar-refractivity contribution in [2.75, 3.05) is 19.6 Å². The molecular weight excluding hydrogens is 340 g/mol. The SMILES string of the molecule is CC1(C)C[C@H]2C[C@@](C)(CN2Cc2c(O)c(CN3CCCCC3)coc2=O)C1. The molecule has 3 aliphatic rings. The summed E-state index contributed by atoms with van der Waals surface area (Å²) in [4.78, 5) is 17.2. The highest BCUT2D eigenvalue weighted by molar-refractivity contribution is 5.36. The Kier molecular flexibility index (Phi) is 4.88. The second-order valence-corrected chi connectivity index (χ2v) is 10.3. The predicted molar refractivity (Wildman–Crippen MR) is 106 cm³/mol. The lowest BCUT2D eigenvalue weighted by Crippen LogP contribution is -2.35. The van der Waals surface area contributed by atoms with E-state index < -0.39 is 0 Å². The van der Waals surface area contributed by atoms with Crippen LogP contribution in [-0.2, 0) is 13.1 Å². The van der Waals surface area contributed by atoms with Crippen LogP contribution in [0.3, 0.4) is 0 Å². The zero-order valence-electron chi connectivity index (χ0n) is 17.1. The molecule has 0 unspecified atom stereocenters. The van der Waals surface area contributed by atoms with Crippen LogP contribution in [0, 0.1) is 10.8 Å².